The molecule has 0 fully saturated rings. The number of aliphatic carboxylic acids is 1. The van der Waals surface area contributed by atoms with E-state index < -0.39 is 12.1 Å². The Labute approximate surface area is 153 Å². The molecule has 0 heterocycles. The number of rotatable bonds is 7. The van der Waals surface area contributed by atoms with Crippen LogP contribution in [0.25, 0.3) is 5.57 Å². The maximum absolute atomic E-state index is 11.4. The Morgan fingerprint density at radius 3 is 2.23 bits per heavy atom. The van der Waals surface area contributed by atoms with Gasteiger partial charge in [-0.15, -0.1) is 0 Å². The fraction of sp³-hybridized carbons (Fsp3) is 0.238. The zero-order valence-corrected chi connectivity index (χ0v) is 15.1. The normalized spacial score (nSPS) is 13.8. The first-order valence-corrected chi connectivity index (χ1v) is 8.24. The Bertz CT molecular complexity index is 808. The molecule has 2 aromatic carbocycles. The van der Waals surface area contributed by atoms with Crippen LogP contribution in [0.1, 0.15) is 30.6 Å². The summed E-state index contributed by atoms with van der Waals surface area (Å²) in [6.07, 6.45) is -1.22. The standard InChI is InChI=1S/C21H23NO4/c1-14(15-9-11-17(26-3)12-10-15)18(13-19(23)24)20(22-2)21(25)16-7-5-4-6-8-16/h4-12,21,25H,13H2,1-3H3,(H,23,24)/b18-14+,22-20?. The first-order valence-electron chi connectivity index (χ1n) is 8.24. The third-order valence-electron chi connectivity index (χ3n) is 4.23. The van der Waals surface area contributed by atoms with Crippen LogP contribution >= 0.6 is 0 Å². The van der Waals surface area contributed by atoms with Crippen molar-refractivity contribution in [2.24, 2.45) is 4.99 Å². The van der Waals surface area contributed by atoms with E-state index in [9.17, 15) is 15.0 Å². The van der Waals surface area contributed by atoms with Gasteiger partial charge >= 0.3 is 5.97 Å². The fourth-order valence-electron chi connectivity index (χ4n) is 2.80. The first-order chi connectivity index (χ1) is 12.5. The molecule has 5 heteroatoms. The number of methoxy groups -OCH3 is 1. The lowest BCUT2D eigenvalue weighted by Crippen LogP contribution is -2.18. The molecule has 0 aliphatic heterocycles. The summed E-state index contributed by atoms with van der Waals surface area (Å²) in [5, 5.41) is 20.1. The largest absolute Gasteiger partial charge is 0.497 e. The molecule has 136 valence electrons. The molecular formula is C21H23NO4. The van der Waals surface area contributed by atoms with Crippen LogP contribution in [-0.4, -0.2) is 36.1 Å². The van der Waals surface area contributed by atoms with Gasteiger partial charge in [0.25, 0.3) is 0 Å². The summed E-state index contributed by atoms with van der Waals surface area (Å²) in [6.45, 7) is 1.84. The van der Waals surface area contributed by atoms with E-state index in [0.29, 0.717) is 16.8 Å². The van der Waals surface area contributed by atoms with Crippen LogP contribution in [0.3, 0.4) is 0 Å². The van der Waals surface area contributed by atoms with Gasteiger partial charge in [0.1, 0.15) is 11.9 Å². The molecule has 2 N–H and O–H groups in total. The van der Waals surface area contributed by atoms with Gasteiger partial charge in [0.05, 0.1) is 19.2 Å². The Morgan fingerprint density at radius 1 is 1.12 bits per heavy atom. The smallest absolute Gasteiger partial charge is 0.307 e. The van der Waals surface area contributed by atoms with Crippen LogP contribution in [0.15, 0.2) is 65.2 Å². The molecule has 0 aromatic heterocycles. The maximum atomic E-state index is 11.4. The molecule has 1 atom stereocenters. The highest BCUT2D eigenvalue weighted by Gasteiger charge is 2.22. The second-order valence-corrected chi connectivity index (χ2v) is 5.82. The number of aliphatic hydroxyl groups is 1. The zero-order chi connectivity index (χ0) is 19.1. The average Bonchev–Trinajstić information content (AvgIpc) is 2.67. The summed E-state index contributed by atoms with van der Waals surface area (Å²) < 4.78 is 5.16. The minimum Gasteiger partial charge on any atom is -0.497 e. The van der Waals surface area contributed by atoms with Crippen LogP contribution in [-0.2, 0) is 4.79 Å². The number of benzene rings is 2. The first kappa shape index (κ1) is 19.4. The van der Waals surface area contributed by atoms with Crippen molar-refractivity contribution in [3.8, 4) is 5.75 Å². The van der Waals surface area contributed by atoms with Crippen LogP contribution in [0.2, 0.25) is 0 Å². The van der Waals surface area contributed by atoms with E-state index in [1.807, 2.05) is 49.4 Å². The van der Waals surface area contributed by atoms with Crippen molar-refractivity contribution in [1.82, 2.24) is 0 Å². The monoisotopic (exact) mass is 353 g/mol. The highest BCUT2D eigenvalue weighted by Crippen LogP contribution is 2.28. The van der Waals surface area contributed by atoms with Crippen molar-refractivity contribution in [1.29, 1.82) is 0 Å². The second-order valence-electron chi connectivity index (χ2n) is 5.82. The van der Waals surface area contributed by atoms with Gasteiger partial charge in [-0.1, -0.05) is 42.5 Å². The SMILES string of the molecule is CN=C(/C(CC(=O)O)=C(\C)c1ccc(OC)cc1)C(O)c1ccccc1. The quantitative estimate of drug-likeness (QED) is 0.743. The van der Waals surface area contributed by atoms with E-state index in [-0.39, 0.29) is 6.42 Å². The molecule has 0 saturated carbocycles. The highest BCUT2D eigenvalue weighted by atomic mass is 16.5. The van der Waals surface area contributed by atoms with Crippen molar-refractivity contribution in [3.05, 3.63) is 71.3 Å². The zero-order valence-electron chi connectivity index (χ0n) is 15.1. The van der Waals surface area contributed by atoms with Crippen LogP contribution in [0, 0.1) is 0 Å². The van der Waals surface area contributed by atoms with E-state index in [2.05, 4.69) is 4.99 Å². The number of hydrogen-bond donors (Lipinski definition) is 2. The van der Waals surface area contributed by atoms with E-state index in [1.165, 1.54) is 0 Å². The molecule has 1 unspecified atom stereocenters. The number of nitrogens with zero attached hydrogens (tertiary/aromatic N) is 1. The minimum atomic E-state index is -0.997. The highest BCUT2D eigenvalue weighted by molar-refractivity contribution is 6.11. The predicted octanol–water partition coefficient (Wildman–Crippen LogP) is 3.75. The molecule has 0 spiro atoms. The molecule has 0 aliphatic rings. The van der Waals surface area contributed by atoms with Gasteiger partial charge in [-0.05, 0) is 41.3 Å². The predicted molar refractivity (Wildman–Crippen MR) is 103 cm³/mol. The maximum Gasteiger partial charge on any atom is 0.307 e. The van der Waals surface area contributed by atoms with E-state index in [1.54, 1.807) is 26.3 Å². The van der Waals surface area contributed by atoms with Gasteiger partial charge in [0, 0.05) is 7.05 Å². The third-order valence-corrected chi connectivity index (χ3v) is 4.23. The van der Waals surface area contributed by atoms with Crippen molar-refractivity contribution in [2.75, 3.05) is 14.2 Å². The van der Waals surface area contributed by atoms with Crippen molar-refractivity contribution < 1.29 is 19.7 Å². The second kappa shape index (κ2) is 8.97. The van der Waals surface area contributed by atoms with Gasteiger partial charge in [-0.25, -0.2) is 0 Å². The molecule has 26 heavy (non-hydrogen) atoms. The Hall–Kier alpha value is -2.92. The van der Waals surface area contributed by atoms with Gasteiger partial charge in [-0.3, -0.25) is 9.79 Å². The number of aliphatic hydroxyl groups excluding tert-OH is 1. The molecule has 2 aromatic rings. The number of aliphatic imine (C=N–C) groups is 1. The van der Waals surface area contributed by atoms with E-state index in [0.717, 1.165) is 16.9 Å². The molecule has 0 radical (unpaired) electrons. The molecule has 5 nitrogen and oxygen atoms in total. The van der Waals surface area contributed by atoms with Gasteiger partial charge in [0.15, 0.2) is 0 Å². The third kappa shape index (κ3) is 4.58. The summed E-state index contributed by atoms with van der Waals surface area (Å²) >= 11 is 0. The van der Waals surface area contributed by atoms with E-state index in [4.69, 9.17) is 4.74 Å². The summed E-state index contributed by atoms with van der Waals surface area (Å²) in [6, 6.07) is 16.4. The van der Waals surface area contributed by atoms with E-state index >= 15 is 0 Å². The fourth-order valence-corrected chi connectivity index (χ4v) is 2.80. The topological polar surface area (TPSA) is 79.1 Å². The average molecular weight is 353 g/mol. The molecule has 2 rings (SSSR count). The van der Waals surface area contributed by atoms with Crippen molar-refractivity contribution >= 4 is 17.3 Å². The Kier molecular flexibility index (Phi) is 6.69. The summed E-state index contributed by atoms with van der Waals surface area (Å²) in [4.78, 5) is 15.7. The number of carboxylic acids is 1. The molecule has 0 aliphatic carbocycles. The summed E-state index contributed by atoms with van der Waals surface area (Å²) in [5.41, 5.74) is 3.13. The van der Waals surface area contributed by atoms with Crippen LogP contribution in [0.5, 0.6) is 5.75 Å². The molecule has 0 amide bonds. The lowest BCUT2D eigenvalue weighted by Gasteiger charge is -2.19. The number of ether oxygens (including phenoxy) is 1. The lowest BCUT2D eigenvalue weighted by atomic mass is 9.90. The lowest BCUT2D eigenvalue weighted by molar-refractivity contribution is -0.136. The van der Waals surface area contributed by atoms with Gasteiger partial charge < -0.3 is 14.9 Å². The number of hydrogen-bond acceptors (Lipinski definition) is 4. The summed E-state index contributed by atoms with van der Waals surface area (Å²) in [7, 11) is 3.15. The van der Waals surface area contributed by atoms with Crippen molar-refractivity contribution in [3.63, 3.8) is 0 Å². The molecule has 0 bridgehead atoms. The summed E-state index contributed by atoms with van der Waals surface area (Å²) in [5.74, 6) is -0.260. The van der Waals surface area contributed by atoms with Crippen molar-refractivity contribution in [2.45, 2.75) is 19.4 Å². The number of carboxylic acid groups (broad SMARTS) is 1. The minimum absolute atomic E-state index is 0.228. The Balaban J connectivity index is 2.51. The van der Waals surface area contributed by atoms with Gasteiger partial charge in [-0.2, -0.15) is 0 Å². The number of carbonyl (C=O) groups is 1. The van der Waals surface area contributed by atoms with Crippen LogP contribution in [0.4, 0.5) is 0 Å². The molecule has 0 saturated heterocycles. The Morgan fingerprint density at radius 2 is 1.73 bits per heavy atom. The molecular weight excluding hydrogens is 330 g/mol. The number of allylic oxidation sites excluding steroid dienone is 1. The van der Waals surface area contributed by atoms with Crippen LogP contribution < -0.4 is 4.74 Å². The van der Waals surface area contributed by atoms with Gasteiger partial charge in [0.2, 0.25) is 0 Å².